The average Bonchev–Trinajstić information content (AvgIpc) is 2.89. The van der Waals surface area contributed by atoms with Crippen LogP contribution in [0.25, 0.3) is 5.95 Å². The Hall–Kier alpha value is -2.25. The molecule has 2 aromatic heterocycles. The summed E-state index contributed by atoms with van der Waals surface area (Å²) in [5.41, 5.74) is 5.82. The van der Waals surface area contributed by atoms with Gasteiger partial charge in [-0.25, -0.2) is 4.98 Å². The van der Waals surface area contributed by atoms with Gasteiger partial charge in [-0.1, -0.05) is 27.7 Å². The highest BCUT2D eigenvalue weighted by atomic mass is 15.4. The first-order valence-electron chi connectivity index (χ1n) is 6.49. The Bertz CT molecular complexity index is 561. The van der Waals surface area contributed by atoms with Crippen molar-refractivity contribution in [2.75, 3.05) is 17.6 Å². The highest BCUT2D eigenvalue weighted by molar-refractivity contribution is 5.34. The van der Waals surface area contributed by atoms with E-state index in [1.807, 2.05) is 0 Å². The molecule has 0 amide bonds. The van der Waals surface area contributed by atoms with Gasteiger partial charge >= 0.3 is 0 Å². The number of nitrogens with zero attached hydrogens (tertiary/aromatic N) is 6. The largest absolute Gasteiger partial charge is 0.368 e. The monoisotopic (exact) mass is 276 g/mol. The highest BCUT2D eigenvalue weighted by Gasteiger charge is 2.22. The summed E-state index contributed by atoms with van der Waals surface area (Å²) in [6.45, 7) is 9.49. The smallest absolute Gasteiger partial charge is 0.258 e. The molecule has 0 spiro atoms. The number of nitrogens with two attached hydrogens (primary N) is 1. The minimum Gasteiger partial charge on any atom is -0.368 e. The molecule has 0 aliphatic rings. The van der Waals surface area contributed by atoms with Crippen LogP contribution in [0.15, 0.2) is 12.7 Å². The molecule has 0 aliphatic carbocycles. The molecule has 2 heterocycles. The molecule has 0 aromatic carbocycles. The maximum atomic E-state index is 5.70. The van der Waals surface area contributed by atoms with Crippen LogP contribution in [0.5, 0.6) is 0 Å². The third-order valence-electron chi connectivity index (χ3n) is 3.53. The molecule has 3 N–H and O–H groups in total. The Morgan fingerprint density at radius 3 is 2.65 bits per heavy atom. The molecule has 0 aliphatic heterocycles. The fourth-order valence-electron chi connectivity index (χ4n) is 1.38. The van der Waals surface area contributed by atoms with Crippen LogP contribution in [0.1, 0.15) is 27.7 Å². The zero-order valence-electron chi connectivity index (χ0n) is 12.2. The second-order valence-corrected chi connectivity index (χ2v) is 5.65. The van der Waals surface area contributed by atoms with Crippen LogP contribution in [-0.4, -0.2) is 36.3 Å². The van der Waals surface area contributed by atoms with Crippen molar-refractivity contribution >= 4 is 11.9 Å². The average molecular weight is 276 g/mol. The lowest BCUT2D eigenvalue weighted by Crippen LogP contribution is -2.29. The molecule has 0 saturated heterocycles. The van der Waals surface area contributed by atoms with Crippen LogP contribution >= 0.6 is 0 Å². The number of nitrogens with one attached hydrogen (secondary N) is 1. The lowest BCUT2D eigenvalue weighted by molar-refractivity contribution is 0.269. The van der Waals surface area contributed by atoms with Gasteiger partial charge in [0.2, 0.25) is 11.9 Å². The molecular formula is C12H20N8. The molecule has 0 bridgehead atoms. The molecule has 0 saturated carbocycles. The van der Waals surface area contributed by atoms with E-state index in [-0.39, 0.29) is 11.4 Å². The Labute approximate surface area is 117 Å². The van der Waals surface area contributed by atoms with E-state index in [9.17, 15) is 0 Å². The van der Waals surface area contributed by atoms with Crippen molar-refractivity contribution in [2.45, 2.75) is 27.7 Å². The number of nitrogen functional groups attached to an aromatic ring is 1. The van der Waals surface area contributed by atoms with Crippen molar-refractivity contribution in [3.63, 3.8) is 0 Å². The van der Waals surface area contributed by atoms with Crippen molar-refractivity contribution in [2.24, 2.45) is 11.3 Å². The minimum absolute atomic E-state index is 0.120. The molecule has 108 valence electrons. The fourth-order valence-corrected chi connectivity index (χ4v) is 1.38. The normalized spacial score (nSPS) is 11.8. The van der Waals surface area contributed by atoms with Gasteiger partial charge in [0, 0.05) is 6.54 Å². The van der Waals surface area contributed by atoms with Crippen molar-refractivity contribution in [3.05, 3.63) is 12.7 Å². The minimum atomic E-state index is 0.120. The van der Waals surface area contributed by atoms with Crippen molar-refractivity contribution in [3.8, 4) is 5.95 Å². The first-order chi connectivity index (χ1) is 9.38. The second-order valence-electron chi connectivity index (χ2n) is 5.65. The Morgan fingerprint density at radius 2 is 2.05 bits per heavy atom. The summed E-state index contributed by atoms with van der Waals surface area (Å²) >= 11 is 0. The Kier molecular flexibility index (Phi) is 3.82. The lowest BCUT2D eigenvalue weighted by Gasteiger charge is -2.29. The third-order valence-corrected chi connectivity index (χ3v) is 3.53. The standard InChI is InChI=1S/C12H20N8/c1-8(2)12(3,4)5-15-10-17-9(13)18-11(19-10)20-7-14-6-16-20/h6-8H,5H2,1-4H3,(H3,13,15,17,18,19). The zero-order chi connectivity index (χ0) is 14.8. The summed E-state index contributed by atoms with van der Waals surface area (Å²) < 4.78 is 1.44. The van der Waals surface area contributed by atoms with Gasteiger partial charge in [0.15, 0.2) is 0 Å². The fraction of sp³-hybridized carbons (Fsp3) is 0.583. The summed E-state index contributed by atoms with van der Waals surface area (Å²) in [6.07, 6.45) is 2.92. The van der Waals surface area contributed by atoms with Gasteiger partial charge in [-0.15, -0.1) is 0 Å². The number of aromatic nitrogens is 6. The Balaban J connectivity index is 2.17. The predicted octanol–water partition coefficient (Wildman–Crippen LogP) is 1.13. The summed E-state index contributed by atoms with van der Waals surface area (Å²) in [5.74, 6) is 1.47. The van der Waals surface area contributed by atoms with Gasteiger partial charge in [-0.05, 0) is 11.3 Å². The van der Waals surface area contributed by atoms with Crippen LogP contribution in [-0.2, 0) is 0 Å². The van der Waals surface area contributed by atoms with E-state index in [1.165, 1.54) is 17.3 Å². The van der Waals surface area contributed by atoms with Gasteiger partial charge in [-0.2, -0.15) is 24.7 Å². The number of hydrogen-bond donors (Lipinski definition) is 2. The lowest BCUT2D eigenvalue weighted by atomic mass is 9.81. The van der Waals surface area contributed by atoms with Crippen LogP contribution in [0.3, 0.4) is 0 Å². The zero-order valence-corrected chi connectivity index (χ0v) is 12.2. The predicted molar refractivity (Wildman–Crippen MR) is 76.3 cm³/mol. The topological polar surface area (TPSA) is 107 Å². The molecule has 0 unspecified atom stereocenters. The van der Waals surface area contributed by atoms with Crippen molar-refractivity contribution in [1.82, 2.24) is 29.7 Å². The van der Waals surface area contributed by atoms with E-state index in [0.717, 1.165) is 6.54 Å². The van der Waals surface area contributed by atoms with E-state index in [2.05, 4.69) is 58.0 Å². The highest BCUT2D eigenvalue weighted by Crippen LogP contribution is 2.25. The van der Waals surface area contributed by atoms with E-state index in [1.54, 1.807) is 0 Å². The van der Waals surface area contributed by atoms with Gasteiger partial charge in [0.25, 0.3) is 5.95 Å². The van der Waals surface area contributed by atoms with Crippen LogP contribution in [0, 0.1) is 11.3 Å². The Morgan fingerprint density at radius 1 is 1.30 bits per heavy atom. The quantitative estimate of drug-likeness (QED) is 0.842. The molecule has 0 radical (unpaired) electrons. The third kappa shape index (κ3) is 3.19. The molecule has 2 aromatic rings. The summed E-state index contributed by atoms with van der Waals surface area (Å²) in [4.78, 5) is 16.3. The first kappa shape index (κ1) is 14.2. The van der Waals surface area contributed by atoms with Crippen LogP contribution in [0.4, 0.5) is 11.9 Å². The maximum Gasteiger partial charge on any atom is 0.258 e. The van der Waals surface area contributed by atoms with E-state index in [0.29, 0.717) is 17.8 Å². The SMILES string of the molecule is CC(C)C(C)(C)CNc1nc(N)nc(-n2cncn2)n1. The number of anilines is 2. The van der Waals surface area contributed by atoms with Gasteiger partial charge in [-0.3, -0.25) is 0 Å². The molecule has 0 fully saturated rings. The molecule has 8 nitrogen and oxygen atoms in total. The first-order valence-corrected chi connectivity index (χ1v) is 6.49. The van der Waals surface area contributed by atoms with Gasteiger partial charge < -0.3 is 11.1 Å². The van der Waals surface area contributed by atoms with E-state index >= 15 is 0 Å². The molecule has 8 heteroatoms. The number of hydrogen-bond acceptors (Lipinski definition) is 7. The molecule has 2 rings (SSSR count). The van der Waals surface area contributed by atoms with Gasteiger partial charge in [0.05, 0.1) is 0 Å². The summed E-state index contributed by atoms with van der Waals surface area (Å²) in [6, 6.07) is 0. The summed E-state index contributed by atoms with van der Waals surface area (Å²) in [7, 11) is 0. The maximum absolute atomic E-state index is 5.70. The van der Waals surface area contributed by atoms with E-state index in [4.69, 9.17) is 5.73 Å². The van der Waals surface area contributed by atoms with Crippen LogP contribution < -0.4 is 11.1 Å². The number of rotatable bonds is 5. The molecular weight excluding hydrogens is 256 g/mol. The van der Waals surface area contributed by atoms with Gasteiger partial charge in [0.1, 0.15) is 12.7 Å². The summed E-state index contributed by atoms with van der Waals surface area (Å²) in [5, 5.41) is 7.18. The van der Waals surface area contributed by atoms with E-state index < -0.39 is 0 Å². The van der Waals surface area contributed by atoms with Crippen molar-refractivity contribution < 1.29 is 0 Å². The van der Waals surface area contributed by atoms with Crippen LogP contribution in [0.2, 0.25) is 0 Å². The molecule has 20 heavy (non-hydrogen) atoms. The second kappa shape index (κ2) is 5.40. The van der Waals surface area contributed by atoms with Crippen molar-refractivity contribution in [1.29, 1.82) is 0 Å². The molecule has 0 atom stereocenters.